The van der Waals surface area contributed by atoms with E-state index in [0.717, 1.165) is 39.6 Å². The van der Waals surface area contributed by atoms with Crippen molar-refractivity contribution >= 4 is 10.8 Å². The number of rotatable bonds is 4. The summed E-state index contributed by atoms with van der Waals surface area (Å²) in [6.45, 7) is 4.32. The van der Waals surface area contributed by atoms with Crippen LogP contribution < -0.4 is 0 Å². The zero-order valence-electron chi connectivity index (χ0n) is 19.9. The van der Waals surface area contributed by atoms with E-state index in [4.69, 9.17) is 4.98 Å². The molecule has 0 spiro atoms. The quantitative estimate of drug-likeness (QED) is 0.263. The van der Waals surface area contributed by atoms with Crippen molar-refractivity contribution < 1.29 is 0 Å². The van der Waals surface area contributed by atoms with Gasteiger partial charge in [0.25, 0.3) is 0 Å². The first-order valence-corrected chi connectivity index (χ1v) is 12.0. The molecule has 1 heterocycles. The molecule has 0 fully saturated rings. The summed E-state index contributed by atoms with van der Waals surface area (Å²) in [5, 5.41) is 2.41. The van der Waals surface area contributed by atoms with Crippen molar-refractivity contribution in [3.05, 3.63) is 132 Å². The van der Waals surface area contributed by atoms with Gasteiger partial charge in [-0.2, -0.15) is 0 Å². The highest BCUT2D eigenvalue weighted by Gasteiger charge is 2.23. The van der Waals surface area contributed by atoms with Gasteiger partial charge in [-0.05, 0) is 47.9 Å². The third-order valence-electron chi connectivity index (χ3n) is 6.47. The van der Waals surface area contributed by atoms with E-state index in [9.17, 15) is 0 Å². The molecule has 0 aliphatic carbocycles. The first-order chi connectivity index (χ1) is 17.2. The van der Waals surface area contributed by atoms with Gasteiger partial charge in [-0.1, -0.05) is 109 Å². The minimum Gasteiger partial charge on any atom is -0.292 e. The van der Waals surface area contributed by atoms with Crippen LogP contribution in [0.1, 0.15) is 11.1 Å². The number of hydrogen-bond donors (Lipinski definition) is 0. The number of fused-ring (bicyclic) bond motifs is 1. The van der Waals surface area contributed by atoms with Gasteiger partial charge in [0.1, 0.15) is 5.82 Å². The van der Waals surface area contributed by atoms with Crippen LogP contribution in [0.2, 0.25) is 0 Å². The van der Waals surface area contributed by atoms with E-state index in [2.05, 4.69) is 140 Å². The molecule has 0 N–H and O–H groups in total. The van der Waals surface area contributed by atoms with Crippen LogP contribution in [0.15, 0.2) is 121 Å². The summed E-state index contributed by atoms with van der Waals surface area (Å²) >= 11 is 0. The Morgan fingerprint density at radius 3 is 1.89 bits per heavy atom. The normalized spacial score (nSPS) is 11.1. The molecule has 0 aliphatic rings. The molecule has 0 saturated heterocycles. The second-order valence-electron chi connectivity index (χ2n) is 9.07. The van der Waals surface area contributed by atoms with Crippen molar-refractivity contribution in [2.24, 2.45) is 0 Å². The number of benzene rings is 5. The van der Waals surface area contributed by atoms with Crippen LogP contribution in [-0.4, -0.2) is 9.55 Å². The van der Waals surface area contributed by atoms with E-state index in [-0.39, 0.29) is 0 Å². The fourth-order valence-corrected chi connectivity index (χ4v) is 5.01. The first kappa shape index (κ1) is 21.1. The average molecular weight is 451 g/mol. The summed E-state index contributed by atoms with van der Waals surface area (Å²) in [5.41, 5.74) is 9.06. The van der Waals surface area contributed by atoms with Crippen LogP contribution >= 0.6 is 0 Å². The van der Waals surface area contributed by atoms with Gasteiger partial charge in [-0.3, -0.25) is 4.57 Å². The summed E-state index contributed by atoms with van der Waals surface area (Å²) in [6.07, 6.45) is 0. The molecule has 6 rings (SSSR count). The lowest BCUT2D eigenvalue weighted by Crippen LogP contribution is -2.02. The zero-order chi connectivity index (χ0) is 23.8. The highest BCUT2D eigenvalue weighted by atomic mass is 15.1. The van der Waals surface area contributed by atoms with Crippen molar-refractivity contribution in [2.45, 2.75) is 13.8 Å². The predicted octanol–water partition coefficient (Wildman–Crippen LogP) is 8.64. The SMILES string of the molecule is Cc1cc(C)cc(-n2c(-c3cccc4ccccc34)nc(-c3ccccc3)c2-c2ccccc2)c1. The summed E-state index contributed by atoms with van der Waals surface area (Å²) in [5.74, 6) is 0.949. The Balaban J connectivity index is 1.78. The van der Waals surface area contributed by atoms with E-state index in [0.29, 0.717) is 0 Å². The van der Waals surface area contributed by atoms with Crippen LogP contribution in [0.5, 0.6) is 0 Å². The smallest absolute Gasteiger partial charge is 0.146 e. The Labute approximate surface area is 206 Å². The summed E-state index contributed by atoms with van der Waals surface area (Å²) in [4.78, 5) is 5.38. The molecule has 6 aromatic rings. The Bertz CT molecular complexity index is 1620. The van der Waals surface area contributed by atoms with Crippen LogP contribution in [0.3, 0.4) is 0 Å². The van der Waals surface area contributed by atoms with Crippen molar-refractivity contribution in [1.29, 1.82) is 0 Å². The van der Waals surface area contributed by atoms with Crippen molar-refractivity contribution in [3.63, 3.8) is 0 Å². The molecular weight excluding hydrogens is 424 g/mol. The predicted molar refractivity (Wildman–Crippen MR) is 147 cm³/mol. The van der Waals surface area contributed by atoms with Crippen LogP contribution in [0, 0.1) is 13.8 Å². The maximum Gasteiger partial charge on any atom is 0.146 e. The number of aromatic nitrogens is 2. The highest BCUT2D eigenvalue weighted by Crippen LogP contribution is 2.40. The second kappa shape index (κ2) is 8.73. The van der Waals surface area contributed by atoms with Crippen molar-refractivity contribution in [2.75, 3.05) is 0 Å². The van der Waals surface area contributed by atoms with Crippen molar-refractivity contribution in [1.82, 2.24) is 9.55 Å². The Hall–Kier alpha value is -4.43. The first-order valence-electron chi connectivity index (χ1n) is 12.0. The number of nitrogens with zero attached hydrogens (tertiary/aromatic N) is 2. The fraction of sp³-hybridized carbons (Fsp3) is 0.0606. The van der Waals surface area contributed by atoms with E-state index in [1.54, 1.807) is 0 Å². The molecule has 0 amide bonds. The van der Waals surface area contributed by atoms with Crippen LogP contribution in [0.25, 0.3) is 50.4 Å². The maximum atomic E-state index is 5.38. The van der Waals surface area contributed by atoms with Gasteiger partial charge in [0.15, 0.2) is 0 Å². The van der Waals surface area contributed by atoms with Crippen LogP contribution in [0.4, 0.5) is 0 Å². The van der Waals surface area contributed by atoms with Gasteiger partial charge in [0.05, 0.1) is 11.4 Å². The Kier molecular flexibility index (Phi) is 5.27. The molecule has 2 heteroatoms. The van der Waals surface area contributed by atoms with E-state index in [1.165, 1.54) is 21.9 Å². The highest BCUT2D eigenvalue weighted by molar-refractivity contribution is 5.97. The lowest BCUT2D eigenvalue weighted by atomic mass is 10.0. The fourth-order valence-electron chi connectivity index (χ4n) is 5.01. The monoisotopic (exact) mass is 450 g/mol. The molecule has 0 atom stereocenters. The molecule has 0 bridgehead atoms. The zero-order valence-corrected chi connectivity index (χ0v) is 19.9. The number of aryl methyl sites for hydroxylation is 2. The summed E-state index contributed by atoms with van der Waals surface area (Å²) in [7, 11) is 0. The second-order valence-corrected chi connectivity index (χ2v) is 9.07. The van der Waals surface area contributed by atoms with Crippen LogP contribution in [-0.2, 0) is 0 Å². The van der Waals surface area contributed by atoms with Crippen molar-refractivity contribution in [3.8, 4) is 39.6 Å². The molecule has 0 radical (unpaired) electrons. The van der Waals surface area contributed by atoms with Gasteiger partial charge in [0, 0.05) is 22.4 Å². The largest absolute Gasteiger partial charge is 0.292 e. The molecule has 2 nitrogen and oxygen atoms in total. The molecule has 0 aliphatic heterocycles. The van der Waals surface area contributed by atoms with Gasteiger partial charge < -0.3 is 0 Å². The standard InChI is InChI=1S/C33H26N2/c1-23-20-24(2)22-28(21-23)35-32(27-15-7-4-8-16-27)31(26-13-5-3-6-14-26)34-33(35)30-19-11-17-25-12-9-10-18-29(25)30/h3-22H,1-2H3. The number of imidazole rings is 1. The molecular formula is C33H26N2. The van der Waals surface area contributed by atoms with E-state index < -0.39 is 0 Å². The lowest BCUT2D eigenvalue weighted by molar-refractivity contribution is 1.07. The summed E-state index contributed by atoms with van der Waals surface area (Å²) < 4.78 is 2.35. The molecule has 35 heavy (non-hydrogen) atoms. The molecule has 0 saturated carbocycles. The molecule has 0 unspecified atom stereocenters. The summed E-state index contributed by atoms with van der Waals surface area (Å²) in [6, 6.07) is 42.9. The van der Waals surface area contributed by atoms with Gasteiger partial charge in [-0.25, -0.2) is 4.98 Å². The third kappa shape index (κ3) is 3.83. The average Bonchev–Trinajstić information content (AvgIpc) is 3.29. The Morgan fingerprint density at radius 2 is 1.17 bits per heavy atom. The molecule has 168 valence electrons. The van der Waals surface area contributed by atoms with E-state index >= 15 is 0 Å². The lowest BCUT2D eigenvalue weighted by Gasteiger charge is -2.16. The topological polar surface area (TPSA) is 17.8 Å². The molecule has 1 aromatic heterocycles. The maximum absolute atomic E-state index is 5.38. The minimum absolute atomic E-state index is 0.949. The van der Waals surface area contributed by atoms with E-state index in [1.807, 2.05) is 0 Å². The Morgan fingerprint density at radius 1 is 0.571 bits per heavy atom. The number of hydrogen-bond acceptors (Lipinski definition) is 1. The third-order valence-corrected chi connectivity index (χ3v) is 6.47. The molecule has 5 aromatic carbocycles. The van der Waals surface area contributed by atoms with Gasteiger partial charge in [0.2, 0.25) is 0 Å². The minimum atomic E-state index is 0.949. The van der Waals surface area contributed by atoms with Gasteiger partial charge >= 0.3 is 0 Å². The van der Waals surface area contributed by atoms with Gasteiger partial charge in [-0.15, -0.1) is 0 Å².